The lowest BCUT2D eigenvalue weighted by atomic mass is 9.96. The molecule has 0 aromatic heterocycles. The Hall–Kier alpha value is -2.71. The molecule has 1 aliphatic heterocycles. The monoisotopic (exact) mass is 363 g/mol. The minimum atomic E-state index is -0.737. The minimum absolute atomic E-state index is 0.0412. The standard InChI is InChI=1S/C21H21N3OS/c1-6-21(4)19(25)23(17-11-12-18(22-5)15(3)13-17)20(26)24(21)16-9-7-14(2)8-10-16/h7-13H,6H2,1-4H3. The number of hydrogen-bond donors (Lipinski definition) is 0. The van der Waals surface area contributed by atoms with Gasteiger partial charge in [-0.3, -0.25) is 9.69 Å². The van der Waals surface area contributed by atoms with Gasteiger partial charge in [-0.15, -0.1) is 0 Å². The second-order valence-corrected chi connectivity index (χ2v) is 7.17. The zero-order valence-electron chi connectivity index (χ0n) is 15.4. The van der Waals surface area contributed by atoms with Crippen molar-refractivity contribution in [2.24, 2.45) is 0 Å². The highest BCUT2D eigenvalue weighted by Gasteiger charge is 2.52. The number of hydrogen-bond acceptors (Lipinski definition) is 2. The third-order valence-electron chi connectivity index (χ3n) is 5.08. The molecule has 1 aliphatic rings. The summed E-state index contributed by atoms with van der Waals surface area (Å²) in [6.45, 7) is 15.0. The Kier molecular flexibility index (Phi) is 4.55. The first-order valence-corrected chi connectivity index (χ1v) is 8.98. The van der Waals surface area contributed by atoms with Crippen molar-refractivity contribution in [2.45, 2.75) is 39.7 Å². The summed E-state index contributed by atoms with van der Waals surface area (Å²) in [4.78, 5) is 20.4. The highest BCUT2D eigenvalue weighted by Crippen LogP contribution is 2.39. The molecule has 1 heterocycles. The topological polar surface area (TPSA) is 27.9 Å². The van der Waals surface area contributed by atoms with Crippen LogP contribution >= 0.6 is 12.2 Å². The second kappa shape index (κ2) is 6.54. The predicted octanol–water partition coefficient (Wildman–Crippen LogP) is 5.16. The molecular weight excluding hydrogens is 342 g/mol. The third-order valence-corrected chi connectivity index (χ3v) is 5.44. The molecule has 0 spiro atoms. The van der Waals surface area contributed by atoms with Crippen LogP contribution in [-0.4, -0.2) is 16.6 Å². The number of amides is 1. The van der Waals surface area contributed by atoms with E-state index < -0.39 is 5.54 Å². The van der Waals surface area contributed by atoms with Crippen LogP contribution in [0.1, 0.15) is 31.4 Å². The molecule has 132 valence electrons. The molecule has 0 bridgehead atoms. The number of nitrogens with zero attached hydrogens (tertiary/aromatic N) is 3. The minimum Gasteiger partial charge on any atom is -0.303 e. The van der Waals surface area contributed by atoms with Crippen LogP contribution in [0.3, 0.4) is 0 Å². The summed E-state index contributed by atoms with van der Waals surface area (Å²) < 4.78 is 0. The number of carbonyl (C=O) groups is 1. The van der Waals surface area contributed by atoms with Gasteiger partial charge in [-0.05, 0) is 69.2 Å². The van der Waals surface area contributed by atoms with E-state index in [4.69, 9.17) is 18.8 Å². The maximum absolute atomic E-state index is 13.3. The number of anilines is 2. The van der Waals surface area contributed by atoms with Gasteiger partial charge in [-0.1, -0.05) is 30.7 Å². The normalized spacial score (nSPS) is 19.8. The van der Waals surface area contributed by atoms with Crippen LogP contribution in [0.4, 0.5) is 17.1 Å². The molecule has 0 saturated carbocycles. The highest BCUT2D eigenvalue weighted by molar-refractivity contribution is 7.81. The van der Waals surface area contributed by atoms with Crippen molar-refractivity contribution < 1.29 is 4.79 Å². The Morgan fingerprint density at radius 1 is 1.12 bits per heavy atom. The summed E-state index contributed by atoms with van der Waals surface area (Å²) in [7, 11) is 0. The fourth-order valence-electron chi connectivity index (χ4n) is 3.26. The number of carbonyl (C=O) groups excluding carboxylic acids is 1. The molecule has 1 unspecified atom stereocenters. The van der Waals surface area contributed by atoms with Gasteiger partial charge in [0, 0.05) is 11.4 Å². The maximum Gasteiger partial charge on any atom is 0.259 e. The van der Waals surface area contributed by atoms with Crippen LogP contribution in [0.15, 0.2) is 42.5 Å². The van der Waals surface area contributed by atoms with Gasteiger partial charge in [0.2, 0.25) is 0 Å². The molecule has 3 rings (SSSR count). The molecular formula is C21H21N3OS. The van der Waals surface area contributed by atoms with Gasteiger partial charge in [-0.25, -0.2) is 4.85 Å². The van der Waals surface area contributed by atoms with Crippen molar-refractivity contribution in [3.63, 3.8) is 0 Å². The number of benzene rings is 2. The van der Waals surface area contributed by atoms with E-state index in [9.17, 15) is 4.79 Å². The first-order valence-electron chi connectivity index (χ1n) is 8.57. The van der Waals surface area contributed by atoms with Crippen LogP contribution in [0, 0.1) is 20.4 Å². The summed E-state index contributed by atoms with van der Waals surface area (Å²) in [6.07, 6.45) is 0.634. The lowest BCUT2D eigenvalue weighted by molar-refractivity contribution is -0.121. The van der Waals surface area contributed by atoms with Gasteiger partial charge in [0.1, 0.15) is 5.54 Å². The van der Waals surface area contributed by atoms with E-state index in [1.165, 1.54) is 0 Å². The van der Waals surface area contributed by atoms with Gasteiger partial charge in [0.05, 0.1) is 6.57 Å². The van der Waals surface area contributed by atoms with Gasteiger partial charge < -0.3 is 4.90 Å². The van der Waals surface area contributed by atoms with Crippen molar-refractivity contribution in [1.29, 1.82) is 0 Å². The van der Waals surface area contributed by atoms with E-state index in [2.05, 4.69) is 4.85 Å². The largest absolute Gasteiger partial charge is 0.303 e. The Bertz CT molecular complexity index is 929. The van der Waals surface area contributed by atoms with Crippen molar-refractivity contribution in [3.05, 3.63) is 65.0 Å². The molecule has 4 nitrogen and oxygen atoms in total. The average Bonchev–Trinajstić information content (AvgIpc) is 2.82. The second-order valence-electron chi connectivity index (χ2n) is 6.80. The molecule has 2 aromatic rings. The average molecular weight is 363 g/mol. The summed E-state index contributed by atoms with van der Waals surface area (Å²) in [6, 6.07) is 13.4. The van der Waals surface area contributed by atoms with E-state index in [0.29, 0.717) is 22.9 Å². The van der Waals surface area contributed by atoms with E-state index in [-0.39, 0.29) is 5.91 Å². The quantitative estimate of drug-likeness (QED) is 0.557. The fourth-order valence-corrected chi connectivity index (χ4v) is 3.76. The van der Waals surface area contributed by atoms with Crippen molar-refractivity contribution >= 4 is 40.3 Å². The van der Waals surface area contributed by atoms with Crippen LogP contribution in [-0.2, 0) is 4.79 Å². The Labute approximate surface area is 159 Å². The Morgan fingerprint density at radius 2 is 1.73 bits per heavy atom. The molecule has 1 atom stereocenters. The first-order chi connectivity index (χ1) is 12.3. The summed E-state index contributed by atoms with van der Waals surface area (Å²) in [5.74, 6) is -0.0412. The number of thiocarbonyl (C=S) groups is 1. The number of aryl methyl sites for hydroxylation is 2. The Morgan fingerprint density at radius 3 is 2.27 bits per heavy atom. The van der Waals surface area contributed by atoms with Crippen LogP contribution in [0.25, 0.3) is 4.85 Å². The summed E-state index contributed by atoms with van der Waals surface area (Å²) >= 11 is 5.73. The number of rotatable bonds is 3. The lowest BCUT2D eigenvalue weighted by Gasteiger charge is -2.32. The lowest BCUT2D eigenvalue weighted by Crippen LogP contribution is -2.46. The van der Waals surface area contributed by atoms with Crippen LogP contribution in [0.2, 0.25) is 0 Å². The van der Waals surface area contributed by atoms with Crippen molar-refractivity contribution in [2.75, 3.05) is 9.80 Å². The van der Waals surface area contributed by atoms with E-state index in [1.807, 2.05) is 62.9 Å². The predicted molar refractivity (Wildman–Crippen MR) is 110 cm³/mol. The summed E-state index contributed by atoms with van der Waals surface area (Å²) in [5.41, 5.74) is 3.46. The molecule has 0 N–H and O–H groups in total. The van der Waals surface area contributed by atoms with E-state index >= 15 is 0 Å². The highest BCUT2D eigenvalue weighted by atomic mass is 32.1. The SMILES string of the molecule is [C-]#[N+]c1ccc(N2C(=O)C(C)(CC)N(c3ccc(C)cc3)C2=S)cc1C. The Balaban J connectivity index is 2.10. The zero-order chi connectivity index (χ0) is 19.1. The molecule has 0 aliphatic carbocycles. The molecule has 1 amide bonds. The zero-order valence-corrected chi connectivity index (χ0v) is 16.2. The van der Waals surface area contributed by atoms with Crippen molar-refractivity contribution in [1.82, 2.24) is 0 Å². The molecule has 5 heteroatoms. The van der Waals surface area contributed by atoms with Gasteiger partial charge in [-0.2, -0.15) is 0 Å². The molecule has 0 radical (unpaired) electrons. The van der Waals surface area contributed by atoms with E-state index in [0.717, 1.165) is 16.8 Å². The maximum atomic E-state index is 13.3. The van der Waals surface area contributed by atoms with Crippen LogP contribution in [0.5, 0.6) is 0 Å². The molecule has 2 aromatic carbocycles. The first kappa shape index (κ1) is 18.1. The fraction of sp³-hybridized carbons (Fsp3) is 0.286. The van der Waals surface area contributed by atoms with Gasteiger partial charge in [0.15, 0.2) is 10.8 Å². The van der Waals surface area contributed by atoms with Crippen LogP contribution < -0.4 is 9.80 Å². The summed E-state index contributed by atoms with van der Waals surface area (Å²) in [5, 5.41) is 0.471. The molecule has 1 saturated heterocycles. The third kappa shape index (κ3) is 2.67. The smallest absolute Gasteiger partial charge is 0.259 e. The van der Waals surface area contributed by atoms with Gasteiger partial charge in [0.25, 0.3) is 5.91 Å². The van der Waals surface area contributed by atoms with E-state index in [1.54, 1.807) is 17.0 Å². The molecule has 26 heavy (non-hydrogen) atoms. The molecule has 1 fully saturated rings. The van der Waals surface area contributed by atoms with Crippen molar-refractivity contribution in [3.8, 4) is 0 Å². The van der Waals surface area contributed by atoms with Gasteiger partial charge >= 0.3 is 0 Å².